The van der Waals surface area contributed by atoms with Gasteiger partial charge < -0.3 is 4.74 Å². The number of hydrogen-bond donors (Lipinski definition) is 1. The normalized spacial score (nSPS) is 14.8. The van der Waals surface area contributed by atoms with Crippen molar-refractivity contribution in [2.45, 2.75) is 0 Å². The molecule has 3 nitrogen and oxygen atoms in total. The lowest BCUT2D eigenvalue weighted by molar-refractivity contribution is 0.306. The zero-order chi connectivity index (χ0) is 11.5. The molecule has 1 heterocycles. The Labute approximate surface area is 99.9 Å². The van der Waals surface area contributed by atoms with Gasteiger partial charge in [0, 0.05) is 12.1 Å². The third kappa shape index (κ3) is 2.49. The minimum Gasteiger partial charge on any atom is -0.487 e. The van der Waals surface area contributed by atoms with Gasteiger partial charge in [0.2, 0.25) is 0 Å². The summed E-state index contributed by atoms with van der Waals surface area (Å²) < 4.78 is 5.58. The van der Waals surface area contributed by atoms with E-state index in [4.69, 9.17) is 16.3 Å². The second-order valence-corrected chi connectivity index (χ2v) is 4.01. The Morgan fingerprint density at radius 3 is 2.62 bits per heavy atom. The molecule has 1 aliphatic rings. The maximum atomic E-state index is 5.78. The topological polar surface area (TPSA) is 24.5 Å². The van der Waals surface area contributed by atoms with Crippen LogP contribution in [0.4, 0.5) is 0 Å². The van der Waals surface area contributed by atoms with Crippen molar-refractivity contribution in [1.29, 1.82) is 0 Å². The van der Waals surface area contributed by atoms with Crippen molar-refractivity contribution in [3.05, 3.63) is 53.3 Å². The van der Waals surface area contributed by atoms with Gasteiger partial charge in [-0.15, -0.1) is 0 Å². The van der Waals surface area contributed by atoms with Crippen LogP contribution < -0.4 is 10.2 Å². The summed E-state index contributed by atoms with van der Waals surface area (Å²) in [5.41, 5.74) is 5.04. The number of hydrogen-bond acceptors (Lipinski definition) is 3. The first kappa shape index (κ1) is 10.9. The molecule has 0 saturated carbocycles. The summed E-state index contributed by atoms with van der Waals surface area (Å²) >= 11 is 5.78. The molecule has 84 valence electrons. The Morgan fingerprint density at radius 1 is 1.38 bits per heavy atom. The standard InChI is InChI=1S/C12H13ClN2O/c1-9-7-11(14-15(9)2)8-16-12-5-3-10(13)4-6-12/h3-7,14H,1,8H2,2H3. The summed E-state index contributed by atoms with van der Waals surface area (Å²) in [5, 5.41) is 2.55. The van der Waals surface area contributed by atoms with Crippen LogP contribution in [0.3, 0.4) is 0 Å². The number of nitrogens with one attached hydrogen (secondary N) is 1. The number of nitrogens with zero attached hydrogens (tertiary/aromatic N) is 1. The zero-order valence-electron chi connectivity index (χ0n) is 9.03. The summed E-state index contributed by atoms with van der Waals surface area (Å²) in [6.45, 7) is 4.36. The molecule has 1 aromatic carbocycles. The van der Waals surface area contributed by atoms with Crippen LogP contribution in [0, 0.1) is 0 Å². The van der Waals surface area contributed by atoms with Crippen LogP contribution >= 0.6 is 11.6 Å². The number of allylic oxidation sites excluding steroid dienone is 1. The first-order chi connectivity index (χ1) is 7.65. The number of benzene rings is 1. The van der Waals surface area contributed by atoms with Gasteiger partial charge in [-0.3, -0.25) is 10.4 Å². The van der Waals surface area contributed by atoms with E-state index >= 15 is 0 Å². The highest BCUT2D eigenvalue weighted by atomic mass is 35.5. The van der Waals surface area contributed by atoms with Crippen LogP contribution in [0.15, 0.2) is 48.3 Å². The van der Waals surface area contributed by atoms with Crippen LogP contribution in [0.2, 0.25) is 5.02 Å². The highest BCUT2D eigenvalue weighted by Gasteiger charge is 2.11. The average molecular weight is 237 g/mol. The van der Waals surface area contributed by atoms with Crippen molar-refractivity contribution < 1.29 is 4.74 Å². The van der Waals surface area contributed by atoms with Gasteiger partial charge in [-0.2, -0.15) is 0 Å². The molecule has 1 aromatic rings. The maximum Gasteiger partial charge on any atom is 0.130 e. The lowest BCUT2D eigenvalue weighted by atomic mass is 10.3. The minimum atomic E-state index is 0.491. The van der Waals surface area contributed by atoms with Crippen LogP contribution in [0.25, 0.3) is 0 Å². The SMILES string of the molecule is C=C1C=C(COc2ccc(Cl)cc2)NN1C. The molecule has 0 radical (unpaired) electrons. The van der Waals surface area contributed by atoms with E-state index in [0.29, 0.717) is 11.6 Å². The van der Waals surface area contributed by atoms with Gasteiger partial charge in [-0.1, -0.05) is 18.2 Å². The molecule has 0 atom stereocenters. The van der Waals surface area contributed by atoms with E-state index in [9.17, 15) is 0 Å². The van der Waals surface area contributed by atoms with E-state index in [-0.39, 0.29) is 0 Å². The molecular formula is C12H13ClN2O. The third-order valence-electron chi connectivity index (χ3n) is 2.29. The molecule has 0 saturated heterocycles. The van der Waals surface area contributed by atoms with E-state index < -0.39 is 0 Å². The van der Waals surface area contributed by atoms with Crippen LogP contribution in [-0.2, 0) is 0 Å². The highest BCUT2D eigenvalue weighted by molar-refractivity contribution is 6.30. The lowest BCUT2D eigenvalue weighted by Crippen LogP contribution is -2.27. The molecule has 0 aliphatic carbocycles. The van der Waals surface area contributed by atoms with Gasteiger partial charge in [-0.05, 0) is 30.3 Å². The first-order valence-electron chi connectivity index (χ1n) is 4.93. The Morgan fingerprint density at radius 2 is 2.06 bits per heavy atom. The molecule has 1 aliphatic heterocycles. The van der Waals surface area contributed by atoms with Crippen molar-refractivity contribution in [2.24, 2.45) is 0 Å². The summed E-state index contributed by atoms with van der Waals surface area (Å²) in [6, 6.07) is 7.30. The monoisotopic (exact) mass is 236 g/mol. The Kier molecular flexibility index (Phi) is 3.06. The van der Waals surface area contributed by atoms with E-state index in [1.54, 1.807) is 12.1 Å². The maximum absolute atomic E-state index is 5.78. The van der Waals surface area contributed by atoms with Crippen molar-refractivity contribution in [2.75, 3.05) is 13.7 Å². The molecular weight excluding hydrogens is 224 g/mol. The van der Waals surface area contributed by atoms with Gasteiger partial charge in [0.25, 0.3) is 0 Å². The Balaban J connectivity index is 1.91. The first-order valence-corrected chi connectivity index (χ1v) is 5.31. The number of halogens is 1. The molecule has 4 heteroatoms. The lowest BCUT2D eigenvalue weighted by Gasteiger charge is -2.15. The van der Waals surface area contributed by atoms with E-state index in [2.05, 4.69) is 12.0 Å². The molecule has 0 fully saturated rings. The smallest absolute Gasteiger partial charge is 0.130 e. The quantitative estimate of drug-likeness (QED) is 0.873. The fraction of sp³-hybridized carbons (Fsp3) is 0.167. The third-order valence-corrected chi connectivity index (χ3v) is 2.54. The number of likely N-dealkylation sites (N-methyl/N-ethyl adjacent to an activating group) is 1. The minimum absolute atomic E-state index is 0.491. The Bertz CT molecular complexity index is 425. The van der Waals surface area contributed by atoms with Gasteiger partial charge in [0.1, 0.15) is 12.4 Å². The fourth-order valence-electron chi connectivity index (χ4n) is 1.38. The second-order valence-electron chi connectivity index (χ2n) is 3.57. The van der Waals surface area contributed by atoms with Crippen molar-refractivity contribution >= 4 is 11.6 Å². The number of hydrazine groups is 1. The number of ether oxygens (including phenoxy) is 1. The van der Waals surface area contributed by atoms with Crippen LogP contribution in [0.1, 0.15) is 0 Å². The van der Waals surface area contributed by atoms with Gasteiger partial charge >= 0.3 is 0 Å². The summed E-state index contributed by atoms with van der Waals surface area (Å²) in [4.78, 5) is 0. The molecule has 0 spiro atoms. The summed E-state index contributed by atoms with van der Waals surface area (Å²) in [6.07, 6.45) is 1.95. The summed E-state index contributed by atoms with van der Waals surface area (Å²) in [5.74, 6) is 0.798. The van der Waals surface area contributed by atoms with Gasteiger partial charge in [0.05, 0.1) is 11.4 Å². The molecule has 16 heavy (non-hydrogen) atoms. The predicted octanol–water partition coefficient (Wildman–Crippen LogP) is 2.57. The fourth-order valence-corrected chi connectivity index (χ4v) is 1.51. The molecule has 1 N–H and O–H groups in total. The van der Waals surface area contributed by atoms with Crippen LogP contribution in [0.5, 0.6) is 5.75 Å². The molecule has 0 unspecified atom stereocenters. The molecule has 0 bridgehead atoms. The largest absolute Gasteiger partial charge is 0.487 e. The van der Waals surface area contributed by atoms with Crippen molar-refractivity contribution in [3.8, 4) is 5.75 Å². The summed E-state index contributed by atoms with van der Waals surface area (Å²) in [7, 11) is 1.91. The Hall–Kier alpha value is -1.61. The number of rotatable bonds is 3. The predicted molar refractivity (Wildman–Crippen MR) is 65.1 cm³/mol. The van der Waals surface area contributed by atoms with Crippen molar-refractivity contribution in [3.63, 3.8) is 0 Å². The molecule has 0 aromatic heterocycles. The van der Waals surface area contributed by atoms with Crippen LogP contribution in [-0.4, -0.2) is 18.7 Å². The van der Waals surface area contributed by atoms with Gasteiger partial charge in [0.15, 0.2) is 0 Å². The van der Waals surface area contributed by atoms with E-state index in [1.165, 1.54) is 0 Å². The highest BCUT2D eigenvalue weighted by Crippen LogP contribution is 2.17. The average Bonchev–Trinajstić information content (AvgIpc) is 2.58. The second kappa shape index (κ2) is 4.49. The molecule has 2 rings (SSSR count). The van der Waals surface area contributed by atoms with E-state index in [1.807, 2.05) is 30.3 Å². The van der Waals surface area contributed by atoms with E-state index in [0.717, 1.165) is 17.1 Å². The van der Waals surface area contributed by atoms with Gasteiger partial charge in [-0.25, -0.2) is 0 Å². The molecule has 0 amide bonds. The zero-order valence-corrected chi connectivity index (χ0v) is 9.79. The van der Waals surface area contributed by atoms with Crippen molar-refractivity contribution in [1.82, 2.24) is 10.4 Å².